The first-order chi connectivity index (χ1) is 33.7. The molecule has 14 rings (SSSR count). The largest absolute Gasteiger partial charge is 0.310 e. The van der Waals surface area contributed by atoms with Crippen LogP contribution in [0.1, 0.15) is 22.3 Å². The van der Waals surface area contributed by atoms with Crippen molar-refractivity contribution in [3.05, 3.63) is 265 Å². The fourth-order valence-electron chi connectivity index (χ4n) is 11.4. The molecule has 0 amide bonds. The molecule has 0 spiro atoms. The van der Waals surface area contributed by atoms with Crippen molar-refractivity contribution in [3.8, 4) is 33.4 Å². The maximum Gasteiger partial charge on any atom is 0.0497 e. The van der Waals surface area contributed by atoms with E-state index in [2.05, 4.69) is 252 Å². The Morgan fingerprint density at radius 1 is 0.235 bits per heavy atom. The number of fused-ring (bicyclic) bond motifs is 8. The molecule has 0 unspecified atom stereocenters. The van der Waals surface area contributed by atoms with Crippen LogP contribution in [-0.2, 0) is 12.8 Å². The van der Waals surface area contributed by atoms with Gasteiger partial charge < -0.3 is 9.80 Å². The maximum atomic E-state index is 2.48. The molecule has 0 atom stereocenters. The third-order valence-electron chi connectivity index (χ3n) is 14.6. The van der Waals surface area contributed by atoms with Gasteiger partial charge in [-0.3, -0.25) is 0 Å². The Balaban J connectivity index is 1.08. The lowest BCUT2D eigenvalue weighted by Crippen LogP contribution is -2.18. The summed E-state index contributed by atoms with van der Waals surface area (Å²) >= 11 is 0. The highest BCUT2D eigenvalue weighted by Crippen LogP contribution is 2.51. The van der Waals surface area contributed by atoms with Crippen LogP contribution in [0.4, 0.5) is 34.1 Å². The van der Waals surface area contributed by atoms with E-state index in [1.165, 1.54) is 121 Å². The Kier molecular flexibility index (Phi) is 8.75. The Hall–Kier alpha value is -8.72. The predicted octanol–water partition coefficient (Wildman–Crippen LogP) is 18.0. The maximum absolute atomic E-state index is 2.48. The average molecular weight is 865 g/mol. The Morgan fingerprint density at radius 2 is 0.603 bits per heavy atom. The molecule has 0 N–H and O–H groups in total. The van der Waals surface area contributed by atoms with Crippen molar-refractivity contribution in [2.75, 3.05) is 9.80 Å². The van der Waals surface area contributed by atoms with Gasteiger partial charge in [-0.1, -0.05) is 176 Å². The Bertz CT molecular complexity index is 3910. The molecular formula is C66H44N2. The summed E-state index contributed by atoms with van der Waals surface area (Å²) in [5.41, 5.74) is 19.9. The van der Waals surface area contributed by atoms with Gasteiger partial charge in [-0.25, -0.2) is 0 Å². The van der Waals surface area contributed by atoms with Gasteiger partial charge in [-0.2, -0.15) is 0 Å². The lowest BCUT2D eigenvalue weighted by atomic mass is 9.84. The smallest absolute Gasteiger partial charge is 0.0497 e. The SMILES string of the molecule is c1ccc(-c2ccc3cc(-c4c5ccc(N6c7ccccc7Cc7ccccc76)cc5c(-c5ccc6ccccc6c5)c5ccc(N6c7ccccc7Cc7ccccc76)cc45)ccc3c2)cc1. The minimum Gasteiger partial charge on any atom is -0.310 e. The Morgan fingerprint density at radius 3 is 1.09 bits per heavy atom. The summed E-state index contributed by atoms with van der Waals surface area (Å²) in [5, 5.41) is 9.80. The van der Waals surface area contributed by atoms with Crippen LogP contribution in [0.2, 0.25) is 0 Å². The molecule has 12 aromatic carbocycles. The van der Waals surface area contributed by atoms with Crippen LogP contribution >= 0.6 is 0 Å². The molecule has 2 nitrogen and oxygen atoms in total. The second-order valence-electron chi connectivity index (χ2n) is 18.5. The molecule has 0 aliphatic carbocycles. The average Bonchev–Trinajstić information content (AvgIpc) is 3.40. The minimum atomic E-state index is 0.913. The van der Waals surface area contributed by atoms with Crippen LogP contribution in [0.5, 0.6) is 0 Å². The molecule has 2 heteroatoms. The van der Waals surface area contributed by atoms with Gasteiger partial charge in [0.25, 0.3) is 0 Å². The molecule has 2 heterocycles. The third-order valence-corrected chi connectivity index (χ3v) is 14.6. The molecule has 318 valence electrons. The lowest BCUT2D eigenvalue weighted by Gasteiger charge is -2.34. The van der Waals surface area contributed by atoms with Gasteiger partial charge >= 0.3 is 0 Å². The molecule has 68 heavy (non-hydrogen) atoms. The van der Waals surface area contributed by atoms with E-state index in [4.69, 9.17) is 0 Å². The zero-order valence-electron chi connectivity index (χ0n) is 37.4. The molecular weight excluding hydrogens is 821 g/mol. The van der Waals surface area contributed by atoms with Crippen LogP contribution in [0.15, 0.2) is 243 Å². The summed E-state index contributed by atoms with van der Waals surface area (Å²) < 4.78 is 0. The Labute approximate surface area is 396 Å². The summed E-state index contributed by atoms with van der Waals surface area (Å²) in [4.78, 5) is 4.97. The highest BCUT2D eigenvalue weighted by Gasteiger charge is 2.28. The summed E-state index contributed by atoms with van der Waals surface area (Å²) in [6, 6.07) is 90.5. The number of para-hydroxylation sites is 4. The zero-order valence-corrected chi connectivity index (χ0v) is 37.4. The van der Waals surface area contributed by atoms with Gasteiger partial charge in [-0.05, 0) is 165 Å². The molecule has 0 fully saturated rings. The van der Waals surface area contributed by atoms with Crippen molar-refractivity contribution >= 4 is 77.2 Å². The molecule has 0 saturated heterocycles. The molecule has 2 aliphatic heterocycles. The van der Waals surface area contributed by atoms with Crippen LogP contribution in [0.25, 0.3) is 76.5 Å². The van der Waals surface area contributed by atoms with Crippen LogP contribution in [0.3, 0.4) is 0 Å². The molecule has 0 saturated carbocycles. The second-order valence-corrected chi connectivity index (χ2v) is 18.5. The quantitative estimate of drug-likeness (QED) is 0.159. The number of nitrogens with zero attached hydrogens (tertiary/aromatic N) is 2. The third kappa shape index (κ3) is 6.18. The lowest BCUT2D eigenvalue weighted by molar-refractivity contribution is 1.09. The number of hydrogen-bond donors (Lipinski definition) is 0. The number of benzene rings is 12. The topological polar surface area (TPSA) is 6.48 Å². The van der Waals surface area contributed by atoms with Crippen LogP contribution in [0, 0.1) is 0 Å². The van der Waals surface area contributed by atoms with E-state index in [0.29, 0.717) is 0 Å². The fraction of sp³-hybridized carbons (Fsp3) is 0.0303. The standard InChI is InChI=1S/C66H44N2/c1-2-14-43(15-3-1)46-27-28-48-38-54(31-29-47(48)36-46)66-58-35-33-55(67-61-22-10-6-18-49(61)39-50-19-7-11-23-62(50)67)41-59(58)65(53-30-26-44-16-4-5-17-45(44)37-53)57-34-32-56(42-60(57)66)68-63-24-12-8-20-51(63)40-52-21-9-13-25-64(52)68/h1-38,41-42H,39-40H2. The summed E-state index contributed by atoms with van der Waals surface area (Å²) in [7, 11) is 0. The summed E-state index contributed by atoms with van der Waals surface area (Å²) in [6.45, 7) is 0. The molecule has 0 aromatic heterocycles. The summed E-state index contributed by atoms with van der Waals surface area (Å²) in [6.07, 6.45) is 1.83. The van der Waals surface area contributed by atoms with E-state index in [1.54, 1.807) is 0 Å². The van der Waals surface area contributed by atoms with Crippen molar-refractivity contribution in [1.82, 2.24) is 0 Å². The number of hydrogen-bond acceptors (Lipinski definition) is 2. The van der Waals surface area contributed by atoms with E-state index in [1.807, 2.05) is 0 Å². The molecule has 12 aromatic rings. The number of anilines is 6. The van der Waals surface area contributed by atoms with E-state index < -0.39 is 0 Å². The van der Waals surface area contributed by atoms with E-state index >= 15 is 0 Å². The van der Waals surface area contributed by atoms with Gasteiger partial charge in [0.1, 0.15) is 0 Å². The second kappa shape index (κ2) is 15.4. The molecule has 0 radical (unpaired) electrons. The monoisotopic (exact) mass is 864 g/mol. The first kappa shape index (κ1) is 38.5. The van der Waals surface area contributed by atoms with Crippen molar-refractivity contribution < 1.29 is 0 Å². The van der Waals surface area contributed by atoms with E-state index in [0.717, 1.165) is 24.2 Å². The van der Waals surface area contributed by atoms with Crippen molar-refractivity contribution in [2.45, 2.75) is 12.8 Å². The minimum absolute atomic E-state index is 0.913. The van der Waals surface area contributed by atoms with Crippen LogP contribution < -0.4 is 9.80 Å². The van der Waals surface area contributed by atoms with Gasteiger partial charge in [0.05, 0.1) is 0 Å². The summed E-state index contributed by atoms with van der Waals surface area (Å²) in [5.74, 6) is 0. The normalized spacial score (nSPS) is 12.8. The first-order valence-corrected chi connectivity index (χ1v) is 23.7. The van der Waals surface area contributed by atoms with E-state index in [9.17, 15) is 0 Å². The van der Waals surface area contributed by atoms with Gasteiger partial charge in [0, 0.05) is 47.0 Å². The van der Waals surface area contributed by atoms with Crippen molar-refractivity contribution in [1.29, 1.82) is 0 Å². The van der Waals surface area contributed by atoms with Gasteiger partial charge in [0.2, 0.25) is 0 Å². The van der Waals surface area contributed by atoms with Crippen LogP contribution in [-0.4, -0.2) is 0 Å². The molecule has 2 aliphatic rings. The zero-order chi connectivity index (χ0) is 44.7. The highest BCUT2D eigenvalue weighted by molar-refractivity contribution is 6.23. The highest BCUT2D eigenvalue weighted by atomic mass is 15.2. The number of rotatable bonds is 5. The van der Waals surface area contributed by atoms with E-state index in [-0.39, 0.29) is 0 Å². The van der Waals surface area contributed by atoms with Crippen molar-refractivity contribution in [2.24, 2.45) is 0 Å². The van der Waals surface area contributed by atoms with Crippen molar-refractivity contribution in [3.63, 3.8) is 0 Å². The predicted molar refractivity (Wildman–Crippen MR) is 288 cm³/mol. The molecule has 0 bridgehead atoms. The van der Waals surface area contributed by atoms with Gasteiger partial charge in [0.15, 0.2) is 0 Å². The fourth-order valence-corrected chi connectivity index (χ4v) is 11.4. The first-order valence-electron chi connectivity index (χ1n) is 23.7. The van der Waals surface area contributed by atoms with Gasteiger partial charge in [-0.15, -0.1) is 0 Å².